The Hall–Kier alpha value is -3.17. The fourth-order valence-electron chi connectivity index (χ4n) is 2.77. The minimum absolute atomic E-state index is 0.0463. The van der Waals surface area contributed by atoms with Crippen molar-refractivity contribution in [3.8, 4) is 0 Å². The summed E-state index contributed by atoms with van der Waals surface area (Å²) in [6.45, 7) is 4.59. The van der Waals surface area contributed by atoms with Gasteiger partial charge in [0.25, 0.3) is 5.56 Å². The van der Waals surface area contributed by atoms with Crippen LogP contribution < -0.4 is 10.9 Å². The molecule has 7 nitrogen and oxygen atoms in total. The van der Waals surface area contributed by atoms with Gasteiger partial charge >= 0.3 is 6.18 Å². The van der Waals surface area contributed by atoms with E-state index in [9.17, 15) is 22.8 Å². The second-order valence-corrected chi connectivity index (χ2v) is 6.12. The van der Waals surface area contributed by atoms with Crippen molar-refractivity contribution in [3.05, 3.63) is 51.6 Å². The average molecular weight is 379 g/mol. The number of rotatable bonds is 3. The van der Waals surface area contributed by atoms with E-state index in [-0.39, 0.29) is 16.9 Å². The van der Waals surface area contributed by atoms with Gasteiger partial charge in [-0.15, -0.1) is 0 Å². The van der Waals surface area contributed by atoms with Crippen LogP contribution in [0.2, 0.25) is 0 Å². The van der Waals surface area contributed by atoms with E-state index in [4.69, 9.17) is 0 Å². The maximum absolute atomic E-state index is 12.8. The molecule has 0 aliphatic carbocycles. The molecule has 1 aromatic carbocycles. The Kier molecular flexibility index (Phi) is 4.50. The van der Waals surface area contributed by atoms with Crippen LogP contribution in [0.4, 0.5) is 19.0 Å². The molecule has 1 atom stereocenters. The molecule has 0 bridgehead atoms. The molecule has 10 heteroatoms. The number of aryl methyl sites for hydroxylation is 1. The molecule has 2 aromatic heterocycles. The number of alkyl halides is 3. The number of fused-ring (bicyclic) bond motifs is 1. The van der Waals surface area contributed by atoms with Crippen LogP contribution in [0.15, 0.2) is 29.1 Å². The summed E-state index contributed by atoms with van der Waals surface area (Å²) in [4.78, 5) is 30.5. The number of amides is 1. The number of H-pyrrole nitrogens is 1. The Labute approximate surface area is 151 Å². The van der Waals surface area contributed by atoms with Crippen molar-refractivity contribution in [2.24, 2.45) is 0 Å². The van der Waals surface area contributed by atoms with Crippen molar-refractivity contribution >= 4 is 22.8 Å². The van der Waals surface area contributed by atoms with Gasteiger partial charge in [0.15, 0.2) is 11.5 Å². The van der Waals surface area contributed by atoms with Crippen molar-refractivity contribution in [2.75, 3.05) is 5.32 Å². The number of anilines is 1. The van der Waals surface area contributed by atoms with Crippen LogP contribution in [0.5, 0.6) is 0 Å². The maximum atomic E-state index is 12.8. The molecule has 0 saturated heterocycles. The molecule has 142 valence electrons. The number of hydrogen-bond acceptors (Lipinski definition) is 4. The minimum atomic E-state index is -4.43. The molecule has 0 unspecified atom stereocenters. The first kappa shape index (κ1) is 18.6. The summed E-state index contributed by atoms with van der Waals surface area (Å²) in [5.41, 5.74) is -0.450. The molecule has 0 radical (unpaired) electrons. The molecule has 2 heterocycles. The standard InChI is InChI=1S/C17H16F3N5O2/c1-8(11-4-6-12(7-5-11)17(18,19)20)25-15-13(14(24-25)23-10(3)26)16(27)22-9(2)21-15/h4-8H,1-3H3,(H,21,22,27)(H,23,24,26)/t8-/m0/s1. The largest absolute Gasteiger partial charge is 0.416 e. The summed E-state index contributed by atoms with van der Waals surface area (Å²) < 4.78 is 39.7. The van der Waals surface area contributed by atoms with Gasteiger partial charge in [0.1, 0.15) is 11.2 Å². The zero-order chi connectivity index (χ0) is 19.9. The third kappa shape index (κ3) is 3.55. The number of halogens is 3. The van der Waals surface area contributed by atoms with Gasteiger partial charge in [-0.05, 0) is 31.5 Å². The van der Waals surface area contributed by atoms with Crippen molar-refractivity contribution in [3.63, 3.8) is 0 Å². The lowest BCUT2D eigenvalue weighted by Crippen LogP contribution is -2.14. The summed E-state index contributed by atoms with van der Waals surface area (Å²) in [7, 11) is 0. The number of hydrogen-bond donors (Lipinski definition) is 2. The van der Waals surface area contributed by atoms with Gasteiger partial charge in [0.2, 0.25) is 5.91 Å². The number of aromatic amines is 1. The van der Waals surface area contributed by atoms with Gasteiger partial charge in [-0.2, -0.15) is 18.3 Å². The highest BCUT2D eigenvalue weighted by Crippen LogP contribution is 2.31. The van der Waals surface area contributed by atoms with Crippen molar-refractivity contribution in [1.82, 2.24) is 19.7 Å². The molecule has 1 amide bonds. The Morgan fingerprint density at radius 1 is 1.26 bits per heavy atom. The van der Waals surface area contributed by atoms with E-state index in [0.717, 1.165) is 12.1 Å². The van der Waals surface area contributed by atoms with Gasteiger partial charge in [-0.3, -0.25) is 9.59 Å². The molecule has 3 rings (SSSR count). The number of carbonyl (C=O) groups excluding carboxylic acids is 1. The van der Waals surface area contributed by atoms with Crippen LogP contribution in [0.25, 0.3) is 11.0 Å². The van der Waals surface area contributed by atoms with Gasteiger partial charge in [-0.25, -0.2) is 9.67 Å². The van der Waals surface area contributed by atoms with Crippen LogP contribution in [0.1, 0.15) is 36.8 Å². The topological polar surface area (TPSA) is 92.7 Å². The zero-order valence-corrected chi connectivity index (χ0v) is 14.7. The third-order valence-corrected chi connectivity index (χ3v) is 4.06. The Balaban J connectivity index is 2.13. The molecule has 3 aromatic rings. The highest BCUT2D eigenvalue weighted by molar-refractivity contribution is 5.97. The molecule has 0 aliphatic rings. The molecule has 0 spiro atoms. The Bertz CT molecular complexity index is 1070. The summed E-state index contributed by atoms with van der Waals surface area (Å²) in [5, 5.41) is 6.85. The number of aromatic nitrogens is 4. The predicted molar refractivity (Wildman–Crippen MR) is 92.4 cm³/mol. The lowest BCUT2D eigenvalue weighted by Gasteiger charge is -2.15. The molecule has 0 saturated carbocycles. The second-order valence-electron chi connectivity index (χ2n) is 6.12. The van der Waals surface area contributed by atoms with Gasteiger partial charge < -0.3 is 10.3 Å². The van der Waals surface area contributed by atoms with Crippen molar-refractivity contribution in [1.29, 1.82) is 0 Å². The van der Waals surface area contributed by atoms with E-state index in [1.807, 2.05) is 0 Å². The van der Waals surface area contributed by atoms with Gasteiger partial charge in [0, 0.05) is 6.92 Å². The minimum Gasteiger partial charge on any atom is -0.310 e. The van der Waals surface area contributed by atoms with Gasteiger partial charge in [-0.1, -0.05) is 12.1 Å². The first-order chi connectivity index (χ1) is 12.6. The van der Waals surface area contributed by atoms with E-state index < -0.39 is 29.2 Å². The van der Waals surface area contributed by atoms with Crippen molar-refractivity contribution < 1.29 is 18.0 Å². The lowest BCUT2D eigenvalue weighted by molar-refractivity contribution is -0.137. The van der Waals surface area contributed by atoms with Crippen LogP contribution in [-0.4, -0.2) is 25.7 Å². The molecule has 0 aliphatic heterocycles. The fourth-order valence-corrected chi connectivity index (χ4v) is 2.77. The molecule has 2 N–H and O–H groups in total. The van der Waals surface area contributed by atoms with E-state index in [1.165, 1.54) is 23.7 Å². The SMILES string of the molecule is CC(=O)Nc1nn([C@@H](C)c2ccc(C(F)(F)F)cc2)c2nc(C)[nH]c(=O)c12. The number of nitrogens with zero attached hydrogens (tertiary/aromatic N) is 3. The Morgan fingerprint density at radius 2 is 1.89 bits per heavy atom. The maximum Gasteiger partial charge on any atom is 0.416 e. The van der Waals surface area contributed by atoms with Crippen molar-refractivity contribution in [2.45, 2.75) is 33.0 Å². The highest BCUT2D eigenvalue weighted by atomic mass is 19.4. The highest BCUT2D eigenvalue weighted by Gasteiger charge is 2.30. The Morgan fingerprint density at radius 3 is 2.44 bits per heavy atom. The van der Waals surface area contributed by atoms with E-state index in [0.29, 0.717) is 11.4 Å². The third-order valence-electron chi connectivity index (χ3n) is 4.06. The number of nitrogens with one attached hydrogen (secondary N) is 2. The first-order valence-electron chi connectivity index (χ1n) is 8.02. The molecular formula is C17H16F3N5O2. The molecule has 27 heavy (non-hydrogen) atoms. The lowest BCUT2D eigenvalue weighted by atomic mass is 10.1. The smallest absolute Gasteiger partial charge is 0.310 e. The quantitative estimate of drug-likeness (QED) is 0.732. The molecule has 0 fully saturated rings. The monoisotopic (exact) mass is 379 g/mol. The molecular weight excluding hydrogens is 363 g/mol. The summed E-state index contributed by atoms with van der Waals surface area (Å²) >= 11 is 0. The fraction of sp³-hybridized carbons (Fsp3) is 0.294. The summed E-state index contributed by atoms with van der Waals surface area (Å²) in [6, 6.07) is 4.14. The van der Waals surface area contributed by atoms with Crippen LogP contribution in [0, 0.1) is 6.92 Å². The number of benzene rings is 1. The van der Waals surface area contributed by atoms with E-state index in [2.05, 4.69) is 20.4 Å². The number of carbonyl (C=O) groups is 1. The van der Waals surface area contributed by atoms with Crippen LogP contribution in [0.3, 0.4) is 0 Å². The zero-order valence-electron chi connectivity index (χ0n) is 14.7. The second kappa shape index (κ2) is 6.53. The normalized spacial score (nSPS) is 13.0. The first-order valence-corrected chi connectivity index (χ1v) is 8.02. The summed E-state index contributed by atoms with van der Waals surface area (Å²) in [5.74, 6) is -0.0173. The average Bonchev–Trinajstić information content (AvgIpc) is 2.91. The van der Waals surface area contributed by atoms with Crippen LogP contribution >= 0.6 is 0 Å². The van der Waals surface area contributed by atoms with E-state index in [1.54, 1.807) is 13.8 Å². The van der Waals surface area contributed by atoms with Gasteiger partial charge in [0.05, 0.1) is 11.6 Å². The predicted octanol–water partition coefficient (Wildman–Crippen LogP) is 3.01. The van der Waals surface area contributed by atoms with E-state index >= 15 is 0 Å². The summed E-state index contributed by atoms with van der Waals surface area (Å²) in [6.07, 6.45) is -4.43. The van der Waals surface area contributed by atoms with Crippen LogP contribution in [-0.2, 0) is 11.0 Å².